The summed E-state index contributed by atoms with van der Waals surface area (Å²) in [5.74, 6) is -2.11. The van der Waals surface area contributed by atoms with Gasteiger partial charge in [-0.3, -0.25) is 4.79 Å². The lowest BCUT2D eigenvalue weighted by Gasteiger charge is -2.06. The zero-order valence-electron chi connectivity index (χ0n) is 11.7. The van der Waals surface area contributed by atoms with E-state index >= 15 is 0 Å². The van der Waals surface area contributed by atoms with Crippen molar-refractivity contribution in [3.63, 3.8) is 0 Å². The van der Waals surface area contributed by atoms with Crippen molar-refractivity contribution in [1.29, 1.82) is 0 Å². The maximum Gasteiger partial charge on any atom is 0.344 e. The molecule has 0 aliphatic rings. The van der Waals surface area contributed by atoms with E-state index in [0.717, 1.165) is 5.56 Å². The summed E-state index contributed by atoms with van der Waals surface area (Å²) in [4.78, 5) is 33.8. The molecule has 112 valence electrons. The summed E-state index contributed by atoms with van der Waals surface area (Å²) in [5, 5.41) is 0. The van der Waals surface area contributed by atoms with Crippen LogP contribution in [0.2, 0.25) is 0 Å². The summed E-state index contributed by atoms with van der Waals surface area (Å²) in [7, 11) is 1.18. The van der Waals surface area contributed by atoms with Crippen LogP contribution >= 0.6 is 0 Å². The molecule has 0 bridgehead atoms. The Morgan fingerprint density at radius 3 is 2.33 bits per heavy atom. The molecule has 6 heteroatoms. The number of ether oxygens (including phenoxy) is 3. The van der Waals surface area contributed by atoms with Crippen LogP contribution in [0.3, 0.4) is 0 Å². The smallest absolute Gasteiger partial charge is 0.344 e. The van der Waals surface area contributed by atoms with Gasteiger partial charge in [0, 0.05) is 5.57 Å². The molecule has 0 aliphatic carbocycles. The first kappa shape index (κ1) is 16.4. The summed E-state index contributed by atoms with van der Waals surface area (Å²) >= 11 is 0. The number of esters is 3. The van der Waals surface area contributed by atoms with Crippen LogP contribution in [0.1, 0.15) is 12.0 Å². The van der Waals surface area contributed by atoms with Crippen molar-refractivity contribution in [3.05, 3.63) is 48.0 Å². The van der Waals surface area contributed by atoms with E-state index in [-0.39, 0.29) is 18.6 Å². The van der Waals surface area contributed by atoms with Crippen LogP contribution < -0.4 is 0 Å². The minimum atomic E-state index is -0.748. The molecule has 1 aromatic rings. The predicted octanol–water partition coefficient (Wildman–Crippen LogP) is 1.39. The molecule has 0 spiro atoms. The Morgan fingerprint density at radius 1 is 1.05 bits per heavy atom. The molecule has 1 rings (SSSR count). The second kappa shape index (κ2) is 8.52. The molecule has 0 fully saturated rings. The number of benzene rings is 1. The Hall–Kier alpha value is -2.63. The van der Waals surface area contributed by atoms with Gasteiger partial charge in [-0.15, -0.1) is 0 Å². The third-order valence-corrected chi connectivity index (χ3v) is 2.43. The van der Waals surface area contributed by atoms with Crippen molar-refractivity contribution >= 4 is 17.9 Å². The van der Waals surface area contributed by atoms with Crippen LogP contribution in [0.15, 0.2) is 42.5 Å². The van der Waals surface area contributed by atoms with Crippen molar-refractivity contribution in [2.24, 2.45) is 0 Å². The molecule has 0 heterocycles. The third-order valence-electron chi connectivity index (χ3n) is 2.43. The van der Waals surface area contributed by atoms with Gasteiger partial charge in [0.15, 0.2) is 6.61 Å². The fourth-order valence-electron chi connectivity index (χ4n) is 1.36. The Labute approximate surface area is 122 Å². The van der Waals surface area contributed by atoms with E-state index in [0.29, 0.717) is 0 Å². The van der Waals surface area contributed by atoms with E-state index in [2.05, 4.69) is 16.1 Å². The van der Waals surface area contributed by atoms with Gasteiger partial charge >= 0.3 is 17.9 Å². The van der Waals surface area contributed by atoms with Gasteiger partial charge in [0.05, 0.1) is 13.5 Å². The quantitative estimate of drug-likeness (QED) is 0.429. The van der Waals surface area contributed by atoms with Gasteiger partial charge in [0.25, 0.3) is 0 Å². The van der Waals surface area contributed by atoms with E-state index in [1.807, 2.05) is 18.2 Å². The number of carbonyl (C=O) groups excluding carboxylic acids is 3. The number of hydrogen-bond donors (Lipinski definition) is 0. The normalized spacial score (nSPS) is 9.57. The van der Waals surface area contributed by atoms with Crippen LogP contribution in [0.4, 0.5) is 0 Å². The highest BCUT2D eigenvalue weighted by Gasteiger charge is 2.14. The highest BCUT2D eigenvalue weighted by Crippen LogP contribution is 2.03. The molecule has 21 heavy (non-hydrogen) atoms. The Bertz CT molecular complexity index is 520. The molecule has 6 nitrogen and oxygen atoms in total. The fourth-order valence-corrected chi connectivity index (χ4v) is 1.36. The van der Waals surface area contributed by atoms with Crippen LogP contribution in [0, 0.1) is 0 Å². The van der Waals surface area contributed by atoms with Crippen molar-refractivity contribution in [3.8, 4) is 0 Å². The van der Waals surface area contributed by atoms with Gasteiger partial charge in [0.1, 0.15) is 6.61 Å². The zero-order chi connectivity index (χ0) is 15.7. The molecule has 0 saturated heterocycles. The minimum Gasteiger partial charge on any atom is -0.466 e. The highest BCUT2D eigenvalue weighted by molar-refractivity contribution is 5.93. The average molecular weight is 292 g/mol. The summed E-state index contributed by atoms with van der Waals surface area (Å²) in [6, 6.07) is 9.10. The van der Waals surface area contributed by atoms with Gasteiger partial charge in [-0.1, -0.05) is 36.9 Å². The molecule has 1 aromatic carbocycles. The first-order valence-corrected chi connectivity index (χ1v) is 6.14. The summed E-state index contributed by atoms with van der Waals surface area (Å²) in [6.07, 6.45) is -0.335. The van der Waals surface area contributed by atoms with Gasteiger partial charge in [-0.25, -0.2) is 9.59 Å². The lowest BCUT2D eigenvalue weighted by atomic mass is 10.2. The van der Waals surface area contributed by atoms with Crippen LogP contribution in [0.5, 0.6) is 0 Å². The second-order valence-corrected chi connectivity index (χ2v) is 4.08. The van der Waals surface area contributed by atoms with Crippen LogP contribution in [0.25, 0.3) is 0 Å². The number of methoxy groups -OCH3 is 1. The van der Waals surface area contributed by atoms with E-state index in [1.54, 1.807) is 12.1 Å². The maximum atomic E-state index is 11.4. The van der Waals surface area contributed by atoms with Crippen LogP contribution in [-0.2, 0) is 35.2 Å². The summed E-state index contributed by atoms with van der Waals surface area (Å²) in [5.41, 5.74) is 0.788. The number of hydrogen-bond acceptors (Lipinski definition) is 6. The van der Waals surface area contributed by atoms with Crippen molar-refractivity contribution in [1.82, 2.24) is 0 Å². The predicted molar refractivity (Wildman–Crippen MR) is 73.0 cm³/mol. The number of carbonyl (C=O) groups is 3. The Balaban J connectivity index is 2.25. The van der Waals surface area contributed by atoms with Gasteiger partial charge in [-0.2, -0.15) is 0 Å². The first-order valence-electron chi connectivity index (χ1n) is 6.14. The third kappa shape index (κ3) is 6.38. The summed E-state index contributed by atoms with van der Waals surface area (Å²) in [6.45, 7) is 2.97. The molecule has 0 aliphatic heterocycles. The lowest BCUT2D eigenvalue weighted by Crippen LogP contribution is -2.18. The standard InChI is InChI=1S/C15H16O6/c1-11(15(18)19-2)8-13(16)21-10-14(17)20-9-12-6-4-3-5-7-12/h3-7H,1,8-10H2,2H3. The molecule has 0 saturated carbocycles. The molecule has 0 atom stereocenters. The first-order chi connectivity index (χ1) is 10.0. The SMILES string of the molecule is C=C(CC(=O)OCC(=O)OCc1ccccc1)C(=O)OC. The van der Waals surface area contributed by atoms with E-state index in [9.17, 15) is 14.4 Å². The van der Waals surface area contributed by atoms with Crippen molar-refractivity contribution < 1.29 is 28.6 Å². The van der Waals surface area contributed by atoms with Crippen molar-refractivity contribution in [2.75, 3.05) is 13.7 Å². The monoisotopic (exact) mass is 292 g/mol. The Kier molecular flexibility index (Phi) is 6.67. The molecule has 0 aromatic heterocycles. The molecule has 0 radical (unpaired) electrons. The topological polar surface area (TPSA) is 78.9 Å². The lowest BCUT2D eigenvalue weighted by molar-refractivity contribution is -0.159. The Morgan fingerprint density at radius 2 is 1.71 bits per heavy atom. The van der Waals surface area contributed by atoms with Gasteiger partial charge < -0.3 is 14.2 Å². The second-order valence-electron chi connectivity index (χ2n) is 4.08. The van der Waals surface area contributed by atoms with E-state index in [1.165, 1.54) is 7.11 Å². The average Bonchev–Trinajstić information content (AvgIpc) is 2.51. The highest BCUT2D eigenvalue weighted by atomic mass is 16.6. The van der Waals surface area contributed by atoms with Crippen molar-refractivity contribution in [2.45, 2.75) is 13.0 Å². The number of rotatable bonds is 7. The maximum absolute atomic E-state index is 11.4. The van der Waals surface area contributed by atoms with E-state index < -0.39 is 24.5 Å². The van der Waals surface area contributed by atoms with Gasteiger partial charge in [0.2, 0.25) is 0 Å². The molecular weight excluding hydrogens is 276 g/mol. The fraction of sp³-hybridized carbons (Fsp3) is 0.267. The van der Waals surface area contributed by atoms with Crippen LogP contribution in [-0.4, -0.2) is 31.6 Å². The molecule has 0 N–H and O–H groups in total. The zero-order valence-corrected chi connectivity index (χ0v) is 11.7. The molecule has 0 amide bonds. The minimum absolute atomic E-state index is 0.0415. The molecule has 0 unspecified atom stereocenters. The summed E-state index contributed by atoms with van der Waals surface area (Å²) < 4.78 is 14.0. The molecular formula is C15H16O6. The van der Waals surface area contributed by atoms with E-state index in [4.69, 9.17) is 4.74 Å². The largest absolute Gasteiger partial charge is 0.466 e. The van der Waals surface area contributed by atoms with Gasteiger partial charge in [-0.05, 0) is 5.56 Å².